The summed E-state index contributed by atoms with van der Waals surface area (Å²) in [6.07, 6.45) is 0.924. The maximum Gasteiger partial charge on any atom is 0.275 e. The third-order valence-electron chi connectivity index (χ3n) is 3.80. The van der Waals surface area contributed by atoms with Crippen molar-refractivity contribution in [3.05, 3.63) is 58.4 Å². The molecule has 1 N–H and O–H groups in total. The maximum atomic E-state index is 12.3. The number of carbonyl (C=O) groups is 1. The quantitative estimate of drug-likeness (QED) is 0.772. The average molecular weight is 341 g/mol. The van der Waals surface area contributed by atoms with E-state index in [4.69, 9.17) is 0 Å². The molecule has 0 aliphatic heterocycles. The van der Waals surface area contributed by atoms with Gasteiger partial charge in [-0.2, -0.15) is 5.10 Å². The third kappa shape index (κ3) is 3.35. The fourth-order valence-electron chi connectivity index (χ4n) is 2.65. The van der Waals surface area contributed by atoms with Crippen molar-refractivity contribution < 1.29 is 4.79 Å². The summed E-state index contributed by atoms with van der Waals surface area (Å²) >= 11 is 1.41. The Morgan fingerprint density at radius 2 is 2.04 bits per heavy atom. The number of nitrogens with one attached hydrogen (secondary N) is 1. The van der Waals surface area contributed by atoms with Crippen molar-refractivity contribution in [3.8, 4) is 0 Å². The van der Waals surface area contributed by atoms with Crippen molar-refractivity contribution in [1.82, 2.24) is 20.0 Å². The Hall–Kier alpha value is -2.54. The molecule has 1 amide bonds. The second-order valence-electron chi connectivity index (χ2n) is 5.57. The number of aryl methyl sites for hydroxylation is 2. The number of hydrogen-bond acceptors (Lipinski definition) is 5. The van der Waals surface area contributed by atoms with Gasteiger partial charge in [-0.05, 0) is 25.0 Å². The van der Waals surface area contributed by atoms with E-state index in [9.17, 15) is 4.79 Å². The number of aromatic nitrogens is 4. The molecule has 24 heavy (non-hydrogen) atoms. The fourth-order valence-corrected chi connectivity index (χ4v) is 3.60. The molecule has 2 aromatic heterocycles. The number of anilines is 1. The molecule has 0 saturated carbocycles. The van der Waals surface area contributed by atoms with Gasteiger partial charge in [0.2, 0.25) is 5.13 Å². The molecular weight excluding hydrogens is 322 g/mol. The van der Waals surface area contributed by atoms with Crippen LogP contribution in [0.15, 0.2) is 36.4 Å². The molecule has 3 aromatic rings. The third-order valence-corrected chi connectivity index (χ3v) is 4.76. The highest BCUT2D eigenvalue weighted by Gasteiger charge is 2.19. The van der Waals surface area contributed by atoms with Gasteiger partial charge in [-0.25, -0.2) is 0 Å². The predicted molar refractivity (Wildman–Crippen MR) is 94.4 cm³/mol. The van der Waals surface area contributed by atoms with Crippen molar-refractivity contribution in [2.24, 2.45) is 7.05 Å². The van der Waals surface area contributed by atoms with Crippen LogP contribution in [-0.2, 0) is 7.05 Å². The Morgan fingerprint density at radius 1 is 1.29 bits per heavy atom. The van der Waals surface area contributed by atoms with Crippen LogP contribution in [-0.4, -0.2) is 25.9 Å². The monoisotopic (exact) mass is 341 g/mol. The predicted octanol–water partition coefficient (Wildman–Crippen LogP) is 3.37. The minimum atomic E-state index is -0.228. The molecule has 1 atom stereocenters. The Kier molecular flexibility index (Phi) is 4.71. The molecule has 0 saturated heterocycles. The lowest BCUT2D eigenvalue weighted by Gasteiger charge is -2.10. The van der Waals surface area contributed by atoms with Crippen molar-refractivity contribution >= 4 is 22.4 Å². The van der Waals surface area contributed by atoms with Crippen LogP contribution < -0.4 is 5.32 Å². The van der Waals surface area contributed by atoms with Crippen LogP contribution in [0.4, 0.5) is 5.13 Å². The first-order valence-electron chi connectivity index (χ1n) is 7.78. The second-order valence-corrected chi connectivity index (χ2v) is 6.57. The van der Waals surface area contributed by atoms with Crippen LogP contribution in [0.3, 0.4) is 0 Å². The summed E-state index contributed by atoms with van der Waals surface area (Å²) < 4.78 is 1.56. The number of nitrogens with zero attached hydrogens (tertiary/aromatic N) is 4. The topological polar surface area (TPSA) is 72.7 Å². The normalized spacial score (nSPS) is 12.1. The van der Waals surface area contributed by atoms with E-state index in [1.54, 1.807) is 17.8 Å². The molecule has 3 rings (SSSR count). The van der Waals surface area contributed by atoms with Gasteiger partial charge in [-0.1, -0.05) is 48.6 Å². The smallest absolute Gasteiger partial charge is 0.275 e. The average Bonchev–Trinajstić information content (AvgIpc) is 3.15. The van der Waals surface area contributed by atoms with Crippen LogP contribution in [0.2, 0.25) is 0 Å². The zero-order valence-corrected chi connectivity index (χ0v) is 14.7. The highest BCUT2D eigenvalue weighted by molar-refractivity contribution is 7.15. The van der Waals surface area contributed by atoms with Crippen LogP contribution >= 0.6 is 11.3 Å². The molecule has 1 unspecified atom stereocenters. The van der Waals surface area contributed by atoms with Gasteiger partial charge in [0.25, 0.3) is 5.91 Å². The van der Waals surface area contributed by atoms with Crippen molar-refractivity contribution in [1.29, 1.82) is 0 Å². The summed E-state index contributed by atoms with van der Waals surface area (Å²) in [5.41, 5.74) is 2.51. The Labute approximate surface area is 144 Å². The highest BCUT2D eigenvalue weighted by atomic mass is 32.1. The van der Waals surface area contributed by atoms with Crippen LogP contribution in [0.5, 0.6) is 0 Å². The van der Waals surface area contributed by atoms with E-state index < -0.39 is 0 Å². The van der Waals surface area contributed by atoms with Crippen molar-refractivity contribution in [3.63, 3.8) is 0 Å². The molecule has 7 heteroatoms. The largest absolute Gasteiger partial charge is 0.295 e. The van der Waals surface area contributed by atoms with Crippen molar-refractivity contribution in [2.45, 2.75) is 26.2 Å². The molecule has 0 fully saturated rings. The highest BCUT2D eigenvalue weighted by Crippen LogP contribution is 2.31. The lowest BCUT2D eigenvalue weighted by Crippen LogP contribution is -2.15. The molecule has 124 valence electrons. The first kappa shape index (κ1) is 16.3. The molecular formula is C17H19N5OS. The maximum absolute atomic E-state index is 12.3. The van der Waals surface area contributed by atoms with E-state index in [0.717, 1.165) is 17.1 Å². The minimum absolute atomic E-state index is 0.188. The number of amides is 1. The Bertz CT molecular complexity index is 840. The molecule has 2 heterocycles. The Morgan fingerprint density at radius 3 is 2.67 bits per heavy atom. The first-order valence-corrected chi connectivity index (χ1v) is 8.60. The van der Waals surface area contributed by atoms with Gasteiger partial charge in [0.1, 0.15) is 10.7 Å². The Balaban J connectivity index is 1.78. The number of benzene rings is 1. The molecule has 6 nitrogen and oxygen atoms in total. The SMILES string of the molecule is CCC(c1ccccc1)c1nnc(NC(=O)c2cc(C)nn2C)s1. The second kappa shape index (κ2) is 6.92. The summed E-state index contributed by atoms with van der Waals surface area (Å²) in [5, 5.41) is 16.8. The fraction of sp³-hybridized carbons (Fsp3) is 0.294. The van der Waals surface area contributed by atoms with Gasteiger partial charge in [0.15, 0.2) is 0 Å². The summed E-state index contributed by atoms with van der Waals surface area (Å²) in [5.74, 6) is -0.0399. The van der Waals surface area contributed by atoms with E-state index >= 15 is 0 Å². The van der Waals surface area contributed by atoms with Crippen LogP contribution in [0.1, 0.15) is 46.0 Å². The molecule has 0 bridgehead atoms. The number of hydrogen-bond donors (Lipinski definition) is 1. The van der Waals surface area contributed by atoms with Gasteiger partial charge in [-0.3, -0.25) is 14.8 Å². The molecule has 0 spiro atoms. The van der Waals surface area contributed by atoms with Crippen LogP contribution in [0.25, 0.3) is 0 Å². The summed E-state index contributed by atoms with van der Waals surface area (Å²) in [6.45, 7) is 3.97. The zero-order chi connectivity index (χ0) is 17.1. The van der Waals surface area contributed by atoms with Gasteiger partial charge < -0.3 is 0 Å². The standard InChI is InChI=1S/C17H19N5OS/c1-4-13(12-8-6-5-7-9-12)16-19-20-17(24-16)18-15(23)14-10-11(2)21-22(14)3/h5-10,13H,4H2,1-3H3,(H,18,20,23). The summed E-state index contributed by atoms with van der Waals surface area (Å²) in [7, 11) is 1.75. The lowest BCUT2D eigenvalue weighted by molar-refractivity contribution is 0.101. The summed E-state index contributed by atoms with van der Waals surface area (Å²) in [4.78, 5) is 12.3. The van der Waals surface area contributed by atoms with Gasteiger partial charge in [-0.15, -0.1) is 10.2 Å². The van der Waals surface area contributed by atoms with E-state index in [2.05, 4.69) is 39.7 Å². The van der Waals surface area contributed by atoms with E-state index in [0.29, 0.717) is 10.8 Å². The van der Waals surface area contributed by atoms with Gasteiger partial charge in [0, 0.05) is 13.0 Å². The number of carbonyl (C=O) groups excluding carboxylic acids is 1. The van der Waals surface area contributed by atoms with Crippen LogP contribution in [0, 0.1) is 6.92 Å². The zero-order valence-electron chi connectivity index (χ0n) is 13.9. The van der Waals surface area contributed by atoms with E-state index in [-0.39, 0.29) is 11.8 Å². The molecule has 0 aliphatic carbocycles. The molecule has 1 aromatic carbocycles. The minimum Gasteiger partial charge on any atom is -0.295 e. The van der Waals surface area contributed by atoms with E-state index in [1.807, 2.05) is 25.1 Å². The van der Waals surface area contributed by atoms with Gasteiger partial charge >= 0.3 is 0 Å². The molecule has 0 aliphatic rings. The lowest BCUT2D eigenvalue weighted by atomic mass is 9.97. The number of rotatable bonds is 5. The van der Waals surface area contributed by atoms with E-state index in [1.165, 1.54) is 16.9 Å². The first-order chi connectivity index (χ1) is 11.6. The summed E-state index contributed by atoms with van der Waals surface area (Å²) in [6, 6.07) is 12.0. The van der Waals surface area contributed by atoms with Gasteiger partial charge in [0.05, 0.1) is 5.69 Å². The van der Waals surface area contributed by atoms with Crippen molar-refractivity contribution in [2.75, 3.05) is 5.32 Å². The molecule has 0 radical (unpaired) electrons.